The van der Waals surface area contributed by atoms with Crippen molar-refractivity contribution in [3.8, 4) is 5.75 Å². The van der Waals surface area contributed by atoms with Gasteiger partial charge in [0.15, 0.2) is 0 Å². The number of carbonyl (C=O) groups is 1. The molecule has 1 aromatic heterocycles. The Balaban J connectivity index is 2.60. The minimum absolute atomic E-state index is 0.0650. The first-order chi connectivity index (χ1) is 10.8. The van der Waals surface area contributed by atoms with Gasteiger partial charge in [-0.3, -0.25) is 19.7 Å². The number of ether oxygens (including phenoxy) is 1. The Kier molecular flexibility index (Phi) is 4.65. The number of aromatic nitrogens is 1. The first-order valence-corrected chi connectivity index (χ1v) is 6.72. The van der Waals surface area contributed by atoms with E-state index < -0.39 is 27.6 Å². The van der Waals surface area contributed by atoms with E-state index in [1.54, 1.807) is 18.2 Å². The fraction of sp³-hybridized carbons (Fsp3) is 0.143. The second-order valence-electron chi connectivity index (χ2n) is 4.62. The predicted molar refractivity (Wildman–Crippen MR) is 83.0 cm³/mol. The van der Waals surface area contributed by atoms with E-state index in [1.165, 1.54) is 7.11 Å². The van der Waals surface area contributed by atoms with Gasteiger partial charge in [0.2, 0.25) is 0 Å². The number of methoxy groups -OCH3 is 1. The first kappa shape index (κ1) is 16.5. The third-order valence-electron chi connectivity index (χ3n) is 3.13. The lowest BCUT2D eigenvalue weighted by Crippen LogP contribution is -2.30. The maximum Gasteiger partial charge on any atom is 0.286 e. The van der Waals surface area contributed by atoms with Gasteiger partial charge in [-0.1, -0.05) is 11.6 Å². The number of hydrogen-bond acceptors (Lipinski definition) is 5. The fourth-order valence-electron chi connectivity index (χ4n) is 2.07. The zero-order valence-electron chi connectivity index (χ0n) is 12.0. The van der Waals surface area contributed by atoms with Gasteiger partial charge < -0.3 is 15.0 Å². The van der Waals surface area contributed by atoms with Crippen molar-refractivity contribution < 1.29 is 14.5 Å². The van der Waals surface area contributed by atoms with Gasteiger partial charge in [-0.2, -0.15) is 0 Å². The van der Waals surface area contributed by atoms with Crippen molar-refractivity contribution in [1.82, 2.24) is 4.57 Å². The number of rotatable bonds is 5. The predicted octanol–water partition coefficient (Wildman–Crippen LogP) is 1.57. The van der Waals surface area contributed by atoms with Crippen molar-refractivity contribution in [2.45, 2.75) is 6.54 Å². The Morgan fingerprint density at radius 1 is 1.43 bits per heavy atom. The molecular formula is C14H12ClN3O5. The molecule has 0 aliphatic carbocycles. The van der Waals surface area contributed by atoms with E-state index in [-0.39, 0.29) is 6.54 Å². The van der Waals surface area contributed by atoms with Crippen LogP contribution in [0.3, 0.4) is 0 Å². The molecular weight excluding hydrogens is 326 g/mol. The van der Waals surface area contributed by atoms with Crippen LogP contribution in [0.2, 0.25) is 5.02 Å². The molecule has 1 heterocycles. The number of nitrogens with zero attached hydrogens (tertiary/aromatic N) is 2. The van der Waals surface area contributed by atoms with Crippen LogP contribution in [0, 0.1) is 10.1 Å². The molecule has 0 saturated carbocycles. The molecule has 8 nitrogen and oxygen atoms in total. The van der Waals surface area contributed by atoms with E-state index in [4.69, 9.17) is 22.1 Å². The van der Waals surface area contributed by atoms with Crippen molar-refractivity contribution in [2.24, 2.45) is 5.73 Å². The SMILES string of the molecule is COc1ccc(Cl)cc1Cn1cc([N+](=O)[O-])cc(C(N)=O)c1=O. The highest BCUT2D eigenvalue weighted by Crippen LogP contribution is 2.23. The molecule has 0 spiro atoms. The van der Waals surface area contributed by atoms with Crippen molar-refractivity contribution in [3.05, 3.63) is 67.1 Å². The standard InChI is InChI=1S/C14H12ClN3O5/c1-23-12-3-2-9(15)4-8(12)6-17-7-10(18(21)22)5-11(13(16)19)14(17)20/h2-5,7H,6H2,1H3,(H2,16,19). The summed E-state index contributed by atoms with van der Waals surface area (Å²) in [5, 5.41) is 11.4. The smallest absolute Gasteiger partial charge is 0.286 e. The molecule has 1 amide bonds. The number of primary amides is 1. The molecule has 0 saturated heterocycles. The largest absolute Gasteiger partial charge is 0.496 e. The van der Waals surface area contributed by atoms with E-state index in [2.05, 4.69) is 0 Å². The van der Waals surface area contributed by atoms with Gasteiger partial charge in [0.25, 0.3) is 17.2 Å². The van der Waals surface area contributed by atoms with Gasteiger partial charge in [0.1, 0.15) is 11.3 Å². The van der Waals surface area contributed by atoms with Crippen LogP contribution in [-0.2, 0) is 6.54 Å². The van der Waals surface area contributed by atoms with Gasteiger partial charge >= 0.3 is 0 Å². The summed E-state index contributed by atoms with van der Waals surface area (Å²) in [5.41, 5.74) is 4.02. The van der Waals surface area contributed by atoms with Crippen LogP contribution >= 0.6 is 11.6 Å². The summed E-state index contributed by atoms with van der Waals surface area (Å²) < 4.78 is 6.19. The van der Waals surface area contributed by atoms with Crippen LogP contribution < -0.4 is 16.0 Å². The number of nitro groups is 1. The molecule has 1 aromatic carbocycles. The van der Waals surface area contributed by atoms with Crippen LogP contribution in [0.4, 0.5) is 5.69 Å². The molecule has 23 heavy (non-hydrogen) atoms. The number of pyridine rings is 1. The fourth-order valence-corrected chi connectivity index (χ4v) is 2.26. The highest BCUT2D eigenvalue weighted by atomic mass is 35.5. The summed E-state index contributed by atoms with van der Waals surface area (Å²) in [6, 6.07) is 5.63. The number of hydrogen-bond donors (Lipinski definition) is 1. The number of benzene rings is 1. The second-order valence-corrected chi connectivity index (χ2v) is 5.06. The Labute approximate surface area is 135 Å². The summed E-state index contributed by atoms with van der Waals surface area (Å²) in [6.45, 7) is -0.0650. The topological polar surface area (TPSA) is 117 Å². The van der Waals surface area contributed by atoms with Gasteiger partial charge in [-0.05, 0) is 18.2 Å². The third kappa shape index (κ3) is 3.49. The maximum absolute atomic E-state index is 12.2. The zero-order chi connectivity index (χ0) is 17.1. The molecule has 120 valence electrons. The normalized spacial score (nSPS) is 10.3. The van der Waals surface area contributed by atoms with E-state index in [9.17, 15) is 19.7 Å². The highest BCUT2D eigenvalue weighted by Gasteiger charge is 2.18. The second kappa shape index (κ2) is 6.49. The van der Waals surface area contributed by atoms with E-state index >= 15 is 0 Å². The first-order valence-electron chi connectivity index (χ1n) is 6.34. The number of amides is 1. The molecule has 2 aromatic rings. The number of carbonyl (C=O) groups excluding carboxylic acids is 1. The van der Waals surface area contributed by atoms with Gasteiger partial charge in [0, 0.05) is 16.7 Å². The highest BCUT2D eigenvalue weighted by molar-refractivity contribution is 6.30. The molecule has 0 bridgehead atoms. The summed E-state index contributed by atoms with van der Waals surface area (Å²) in [7, 11) is 1.44. The van der Waals surface area contributed by atoms with E-state index in [0.29, 0.717) is 16.3 Å². The summed E-state index contributed by atoms with van der Waals surface area (Å²) >= 11 is 5.92. The minimum Gasteiger partial charge on any atom is -0.496 e. The van der Waals surface area contributed by atoms with Crippen LogP contribution in [0.25, 0.3) is 0 Å². The molecule has 0 aliphatic heterocycles. The third-order valence-corrected chi connectivity index (χ3v) is 3.37. The van der Waals surface area contributed by atoms with Crippen LogP contribution in [0.15, 0.2) is 35.3 Å². The van der Waals surface area contributed by atoms with Gasteiger partial charge in [-0.15, -0.1) is 0 Å². The Morgan fingerprint density at radius 2 is 2.13 bits per heavy atom. The average Bonchev–Trinajstić information content (AvgIpc) is 2.49. The molecule has 2 N–H and O–H groups in total. The molecule has 0 atom stereocenters. The van der Waals surface area contributed by atoms with Crippen molar-refractivity contribution in [2.75, 3.05) is 7.11 Å². The molecule has 9 heteroatoms. The van der Waals surface area contributed by atoms with E-state index in [0.717, 1.165) is 16.8 Å². The summed E-state index contributed by atoms with van der Waals surface area (Å²) in [5.74, 6) is -0.584. The van der Waals surface area contributed by atoms with Crippen molar-refractivity contribution in [3.63, 3.8) is 0 Å². The van der Waals surface area contributed by atoms with Crippen molar-refractivity contribution in [1.29, 1.82) is 0 Å². The van der Waals surface area contributed by atoms with Crippen LogP contribution in [0.1, 0.15) is 15.9 Å². The summed E-state index contributed by atoms with van der Waals surface area (Å²) in [4.78, 5) is 33.8. The maximum atomic E-state index is 12.2. The lowest BCUT2D eigenvalue weighted by Gasteiger charge is -2.11. The van der Waals surface area contributed by atoms with Gasteiger partial charge in [-0.25, -0.2) is 0 Å². The minimum atomic E-state index is -1.04. The Bertz CT molecular complexity index is 847. The van der Waals surface area contributed by atoms with Crippen LogP contribution in [0.5, 0.6) is 5.75 Å². The summed E-state index contributed by atoms with van der Waals surface area (Å²) in [6.07, 6.45) is 1.04. The number of nitrogens with two attached hydrogens (primary N) is 1. The Hall–Kier alpha value is -2.87. The quantitative estimate of drug-likeness (QED) is 0.656. The lowest BCUT2D eigenvalue weighted by atomic mass is 10.2. The molecule has 2 rings (SSSR count). The Morgan fingerprint density at radius 3 is 2.70 bits per heavy atom. The average molecular weight is 338 g/mol. The molecule has 0 radical (unpaired) electrons. The lowest BCUT2D eigenvalue weighted by molar-refractivity contribution is -0.385. The monoisotopic (exact) mass is 337 g/mol. The van der Waals surface area contributed by atoms with Gasteiger partial charge in [0.05, 0.1) is 24.8 Å². The molecule has 0 aliphatic rings. The van der Waals surface area contributed by atoms with E-state index in [1.807, 2.05) is 0 Å². The molecule has 0 unspecified atom stereocenters. The molecule has 0 fully saturated rings. The zero-order valence-corrected chi connectivity index (χ0v) is 12.7. The van der Waals surface area contributed by atoms with Crippen molar-refractivity contribution >= 4 is 23.2 Å². The van der Waals surface area contributed by atoms with Crippen LogP contribution in [-0.4, -0.2) is 22.5 Å². The number of halogens is 1.